The van der Waals surface area contributed by atoms with Gasteiger partial charge in [-0.1, -0.05) is 12.1 Å². The standard InChI is InChI=1S/C14H16FNS/c1-10-7-11(9-12(15)8-10)14(16)5-4-13-3-2-6-17-13/h2-3,6-9,14H,4-5,16H2,1H3. The summed E-state index contributed by atoms with van der Waals surface area (Å²) in [6.07, 6.45) is 1.80. The summed E-state index contributed by atoms with van der Waals surface area (Å²) < 4.78 is 13.2. The fourth-order valence-corrected chi connectivity index (χ4v) is 2.62. The number of hydrogen-bond acceptors (Lipinski definition) is 2. The first-order chi connectivity index (χ1) is 8.15. The summed E-state index contributed by atoms with van der Waals surface area (Å²) in [7, 11) is 0. The average molecular weight is 249 g/mol. The topological polar surface area (TPSA) is 26.0 Å². The van der Waals surface area contributed by atoms with E-state index in [9.17, 15) is 4.39 Å². The van der Waals surface area contributed by atoms with Gasteiger partial charge in [0, 0.05) is 10.9 Å². The van der Waals surface area contributed by atoms with Crippen LogP contribution in [0.2, 0.25) is 0 Å². The van der Waals surface area contributed by atoms with Crippen LogP contribution in [0.1, 0.15) is 28.5 Å². The minimum atomic E-state index is -0.202. The fraction of sp³-hybridized carbons (Fsp3) is 0.286. The highest BCUT2D eigenvalue weighted by Gasteiger charge is 2.08. The van der Waals surface area contributed by atoms with Crippen LogP contribution in [0, 0.1) is 12.7 Å². The van der Waals surface area contributed by atoms with E-state index in [4.69, 9.17) is 5.73 Å². The molecule has 0 aliphatic heterocycles. The molecule has 1 nitrogen and oxygen atoms in total. The van der Waals surface area contributed by atoms with Gasteiger partial charge in [0.2, 0.25) is 0 Å². The molecule has 2 aromatic rings. The fourth-order valence-electron chi connectivity index (χ4n) is 1.90. The second-order valence-corrected chi connectivity index (χ2v) is 5.32. The number of thiophene rings is 1. The first kappa shape index (κ1) is 12.3. The van der Waals surface area contributed by atoms with Crippen molar-refractivity contribution in [2.24, 2.45) is 5.73 Å². The Morgan fingerprint density at radius 2 is 2.18 bits per heavy atom. The summed E-state index contributed by atoms with van der Waals surface area (Å²) in [6, 6.07) is 9.07. The summed E-state index contributed by atoms with van der Waals surface area (Å²) in [4.78, 5) is 1.33. The zero-order chi connectivity index (χ0) is 12.3. The van der Waals surface area contributed by atoms with E-state index in [1.807, 2.05) is 19.1 Å². The molecule has 0 saturated heterocycles. The summed E-state index contributed by atoms with van der Waals surface area (Å²) in [5.41, 5.74) is 7.90. The second-order valence-electron chi connectivity index (χ2n) is 4.29. The van der Waals surface area contributed by atoms with E-state index in [2.05, 4.69) is 11.4 Å². The van der Waals surface area contributed by atoms with E-state index in [1.165, 1.54) is 17.0 Å². The molecular weight excluding hydrogens is 233 g/mol. The molecule has 1 unspecified atom stereocenters. The van der Waals surface area contributed by atoms with Crippen LogP contribution in [0.25, 0.3) is 0 Å². The Labute approximate surface area is 105 Å². The molecule has 2 N–H and O–H groups in total. The van der Waals surface area contributed by atoms with E-state index in [0.29, 0.717) is 0 Å². The van der Waals surface area contributed by atoms with Crippen molar-refractivity contribution in [3.05, 3.63) is 57.5 Å². The van der Waals surface area contributed by atoms with Crippen LogP contribution in [0.4, 0.5) is 4.39 Å². The first-order valence-corrected chi connectivity index (χ1v) is 6.58. The Morgan fingerprint density at radius 3 is 2.82 bits per heavy atom. The Morgan fingerprint density at radius 1 is 1.35 bits per heavy atom. The first-order valence-electron chi connectivity index (χ1n) is 5.70. The van der Waals surface area contributed by atoms with Gasteiger partial charge >= 0.3 is 0 Å². The Balaban J connectivity index is 2.01. The molecule has 1 heterocycles. The molecule has 0 saturated carbocycles. The molecule has 17 heavy (non-hydrogen) atoms. The lowest BCUT2D eigenvalue weighted by Crippen LogP contribution is -2.11. The van der Waals surface area contributed by atoms with Crippen molar-refractivity contribution in [2.45, 2.75) is 25.8 Å². The van der Waals surface area contributed by atoms with Crippen molar-refractivity contribution < 1.29 is 4.39 Å². The smallest absolute Gasteiger partial charge is 0.123 e. The van der Waals surface area contributed by atoms with Crippen LogP contribution in [-0.2, 0) is 6.42 Å². The van der Waals surface area contributed by atoms with Gasteiger partial charge < -0.3 is 5.73 Å². The molecule has 1 atom stereocenters. The van der Waals surface area contributed by atoms with Gasteiger partial charge in [0.25, 0.3) is 0 Å². The number of rotatable bonds is 4. The van der Waals surface area contributed by atoms with E-state index < -0.39 is 0 Å². The molecule has 0 radical (unpaired) electrons. The molecule has 0 aliphatic rings. The minimum absolute atomic E-state index is 0.0912. The van der Waals surface area contributed by atoms with Gasteiger partial charge in [-0.25, -0.2) is 4.39 Å². The molecule has 0 amide bonds. The molecule has 0 spiro atoms. The third-order valence-corrected chi connectivity index (χ3v) is 3.71. The van der Waals surface area contributed by atoms with Crippen molar-refractivity contribution in [3.63, 3.8) is 0 Å². The number of hydrogen-bond donors (Lipinski definition) is 1. The zero-order valence-electron chi connectivity index (χ0n) is 9.82. The minimum Gasteiger partial charge on any atom is -0.324 e. The molecule has 2 rings (SSSR count). The van der Waals surface area contributed by atoms with Crippen LogP contribution in [0.5, 0.6) is 0 Å². The van der Waals surface area contributed by atoms with Crippen LogP contribution in [0.3, 0.4) is 0 Å². The Hall–Kier alpha value is -1.19. The summed E-state index contributed by atoms with van der Waals surface area (Å²) >= 11 is 1.74. The molecule has 0 bridgehead atoms. The van der Waals surface area contributed by atoms with Gasteiger partial charge in [0.1, 0.15) is 5.82 Å². The van der Waals surface area contributed by atoms with Gasteiger partial charge in [-0.05, 0) is 54.5 Å². The highest BCUT2D eigenvalue weighted by atomic mass is 32.1. The van der Waals surface area contributed by atoms with Crippen molar-refractivity contribution in [1.29, 1.82) is 0 Å². The SMILES string of the molecule is Cc1cc(F)cc(C(N)CCc2cccs2)c1. The van der Waals surface area contributed by atoms with Gasteiger partial charge in [-0.3, -0.25) is 0 Å². The number of benzene rings is 1. The third kappa shape index (κ3) is 3.38. The molecule has 0 fully saturated rings. The highest BCUT2D eigenvalue weighted by molar-refractivity contribution is 7.09. The van der Waals surface area contributed by atoms with Crippen molar-refractivity contribution in [3.8, 4) is 0 Å². The predicted molar refractivity (Wildman–Crippen MR) is 70.7 cm³/mol. The number of nitrogens with two attached hydrogens (primary N) is 1. The van der Waals surface area contributed by atoms with Crippen molar-refractivity contribution in [2.75, 3.05) is 0 Å². The largest absolute Gasteiger partial charge is 0.324 e. The molecule has 1 aromatic heterocycles. The molecule has 3 heteroatoms. The quantitative estimate of drug-likeness (QED) is 0.875. The van der Waals surface area contributed by atoms with E-state index in [-0.39, 0.29) is 11.9 Å². The normalized spacial score (nSPS) is 12.6. The maximum atomic E-state index is 13.2. The van der Waals surface area contributed by atoms with Crippen LogP contribution in [0.15, 0.2) is 35.7 Å². The highest BCUT2D eigenvalue weighted by Crippen LogP contribution is 2.20. The lowest BCUT2D eigenvalue weighted by atomic mass is 10.0. The van der Waals surface area contributed by atoms with E-state index in [0.717, 1.165) is 24.0 Å². The van der Waals surface area contributed by atoms with E-state index >= 15 is 0 Å². The van der Waals surface area contributed by atoms with E-state index in [1.54, 1.807) is 11.3 Å². The Kier molecular flexibility index (Phi) is 3.92. The maximum absolute atomic E-state index is 13.2. The maximum Gasteiger partial charge on any atom is 0.123 e. The summed E-state index contributed by atoms with van der Waals surface area (Å²) in [6.45, 7) is 1.89. The number of aryl methyl sites for hydroxylation is 2. The van der Waals surface area contributed by atoms with Crippen molar-refractivity contribution >= 4 is 11.3 Å². The van der Waals surface area contributed by atoms with Crippen LogP contribution in [-0.4, -0.2) is 0 Å². The van der Waals surface area contributed by atoms with Gasteiger partial charge in [0.15, 0.2) is 0 Å². The monoisotopic (exact) mass is 249 g/mol. The van der Waals surface area contributed by atoms with Crippen molar-refractivity contribution in [1.82, 2.24) is 0 Å². The van der Waals surface area contributed by atoms with Gasteiger partial charge in [0.05, 0.1) is 0 Å². The molecule has 0 aliphatic carbocycles. The average Bonchev–Trinajstić information content (AvgIpc) is 2.77. The predicted octanol–water partition coefficient (Wildman–Crippen LogP) is 3.83. The van der Waals surface area contributed by atoms with Crippen LogP contribution < -0.4 is 5.73 Å². The lowest BCUT2D eigenvalue weighted by Gasteiger charge is -2.12. The summed E-state index contributed by atoms with van der Waals surface area (Å²) in [5.74, 6) is -0.202. The van der Waals surface area contributed by atoms with Gasteiger partial charge in [-0.15, -0.1) is 11.3 Å². The van der Waals surface area contributed by atoms with Gasteiger partial charge in [-0.2, -0.15) is 0 Å². The third-order valence-electron chi connectivity index (χ3n) is 2.77. The molecule has 1 aromatic carbocycles. The Bertz CT molecular complexity index is 459. The zero-order valence-corrected chi connectivity index (χ0v) is 10.6. The molecule has 90 valence electrons. The van der Waals surface area contributed by atoms with Crippen LogP contribution >= 0.6 is 11.3 Å². The molecular formula is C14H16FNS. The second kappa shape index (κ2) is 5.43. The lowest BCUT2D eigenvalue weighted by molar-refractivity contribution is 0.608. The summed E-state index contributed by atoms with van der Waals surface area (Å²) in [5, 5.41) is 2.06. The number of halogens is 1.